The average Bonchev–Trinajstić information content (AvgIpc) is 3.57. The molecule has 0 aliphatic carbocycles. The highest BCUT2D eigenvalue weighted by Crippen LogP contribution is 2.47. The Balaban J connectivity index is 1.61. The number of benzene rings is 3. The highest BCUT2D eigenvalue weighted by Gasteiger charge is 2.42. The number of nitrogens with zero attached hydrogens (tertiary/aromatic N) is 1. The minimum absolute atomic E-state index is 0.0237. The molecule has 12 heteroatoms. The van der Waals surface area contributed by atoms with Crippen LogP contribution in [0.15, 0.2) is 59.1 Å². The van der Waals surface area contributed by atoms with E-state index in [4.69, 9.17) is 28.4 Å². The number of sulfonamides is 1. The van der Waals surface area contributed by atoms with E-state index < -0.39 is 21.7 Å². The largest absolute Gasteiger partial charge is 0.493 e. The summed E-state index contributed by atoms with van der Waals surface area (Å²) < 4.78 is 61.4. The molecule has 3 aromatic carbocycles. The van der Waals surface area contributed by atoms with Gasteiger partial charge in [-0.1, -0.05) is 12.1 Å². The molecule has 3 aliphatic heterocycles. The van der Waals surface area contributed by atoms with E-state index in [1.165, 1.54) is 26.4 Å². The topological polar surface area (TPSA) is 130 Å². The van der Waals surface area contributed by atoms with Crippen LogP contribution in [0.4, 0.5) is 0 Å². The predicted octanol–water partition coefficient (Wildman–Crippen LogP) is 3.21. The lowest BCUT2D eigenvalue weighted by atomic mass is 9.94. The van der Waals surface area contributed by atoms with Gasteiger partial charge < -0.3 is 33.5 Å². The normalized spacial score (nSPS) is 16.3. The second kappa shape index (κ2) is 8.77. The maximum Gasteiger partial charge on any atom is 0.353 e. The first-order valence-corrected chi connectivity index (χ1v) is 12.8. The fraction of sp³-hybridized carbons (Fsp3) is 0.192. The molecule has 3 heterocycles. The minimum Gasteiger partial charge on any atom is -0.493 e. The standard InChI is InChI=1S/C26H21NO10S/c1-32-19-9-16-23(10-20(19)33-2)38(30,31)27(11-14-3-5-17-21(7-14)36-12-34-17)25(26(28)29)24(16)15-4-6-18-22(8-15)37-13-35-18/h3-10H,11-13H2,1-2H3,(H,28,29). The third-order valence-electron chi connectivity index (χ3n) is 6.44. The van der Waals surface area contributed by atoms with Gasteiger partial charge in [-0.3, -0.25) is 4.31 Å². The monoisotopic (exact) mass is 539 g/mol. The SMILES string of the molecule is COc1cc2c(cc1OC)S(=O)(=O)N(Cc1ccc3c(c1)OCO3)C(C(=O)O)=C2c1ccc2c(c1)OCO2. The smallest absolute Gasteiger partial charge is 0.353 e. The lowest BCUT2D eigenvalue weighted by molar-refractivity contribution is -0.133. The molecule has 3 aliphatic rings. The Morgan fingerprint density at radius 3 is 2.13 bits per heavy atom. The van der Waals surface area contributed by atoms with Crippen molar-refractivity contribution in [2.24, 2.45) is 0 Å². The van der Waals surface area contributed by atoms with Crippen LogP contribution < -0.4 is 28.4 Å². The molecule has 1 N–H and O–H groups in total. The van der Waals surface area contributed by atoms with Crippen LogP contribution in [0.3, 0.4) is 0 Å². The second-order valence-electron chi connectivity index (χ2n) is 8.50. The van der Waals surface area contributed by atoms with Crippen molar-refractivity contribution in [1.29, 1.82) is 0 Å². The molecule has 38 heavy (non-hydrogen) atoms. The van der Waals surface area contributed by atoms with Crippen molar-refractivity contribution in [3.8, 4) is 34.5 Å². The zero-order valence-corrected chi connectivity index (χ0v) is 21.0. The van der Waals surface area contributed by atoms with Gasteiger partial charge in [-0.15, -0.1) is 0 Å². The van der Waals surface area contributed by atoms with E-state index in [-0.39, 0.29) is 47.7 Å². The van der Waals surface area contributed by atoms with Crippen LogP contribution >= 0.6 is 0 Å². The first kappa shape index (κ1) is 23.8. The molecule has 11 nitrogen and oxygen atoms in total. The summed E-state index contributed by atoms with van der Waals surface area (Å²) in [5.74, 6) is 0.878. The summed E-state index contributed by atoms with van der Waals surface area (Å²) >= 11 is 0. The summed E-state index contributed by atoms with van der Waals surface area (Å²) in [7, 11) is -1.57. The quantitative estimate of drug-likeness (QED) is 0.498. The van der Waals surface area contributed by atoms with Crippen molar-refractivity contribution in [1.82, 2.24) is 4.31 Å². The van der Waals surface area contributed by atoms with Gasteiger partial charge in [0.1, 0.15) is 5.70 Å². The molecule has 0 fully saturated rings. The van der Waals surface area contributed by atoms with Crippen molar-refractivity contribution >= 4 is 21.6 Å². The summed E-state index contributed by atoms with van der Waals surface area (Å²) in [5.41, 5.74) is 0.820. The van der Waals surface area contributed by atoms with E-state index >= 15 is 0 Å². The summed E-state index contributed by atoms with van der Waals surface area (Å²) in [4.78, 5) is 12.7. The number of fused-ring (bicyclic) bond motifs is 3. The maximum atomic E-state index is 14.0. The van der Waals surface area contributed by atoms with Crippen molar-refractivity contribution in [3.05, 3.63) is 70.9 Å². The Hall–Kier alpha value is -4.58. The van der Waals surface area contributed by atoms with E-state index in [1.54, 1.807) is 36.4 Å². The van der Waals surface area contributed by atoms with E-state index in [0.717, 1.165) is 4.31 Å². The first-order valence-electron chi connectivity index (χ1n) is 11.4. The van der Waals surface area contributed by atoms with Crippen LogP contribution in [0.1, 0.15) is 16.7 Å². The molecular formula is C26H21NO10S. The lowest BCUT2D eigenvalue weighted by Gasteiger charge is -2.33. The maximum absolute atomic E-state index is 14.0. The lowest BCUT2D eigenvalue weighted by Crippen LogP contribution is -2.37. The number of carbonyl (C=O) groups is 1. The van der Waals surface area contributed by atoms with Crippen LogP contribution in [0, 0.1) is 0 Å². The van der Waals surface area contributed by atoms with Crippen molar-refractivity contribution < 1.29 is 46.7 Å². The van der Waals surface area contributed by atoms with Crippen molar-refractivity contribution in [2.45, 2.75) is 11.4 Å². The number of hydrogen-bond acceptors (Lipinski definition) is 9. The molecule has 0 amide bonds. The molecule has 0 bridgehead atoms. The van der Waals surface area contributed by atoms with Gasteiger partial charge in [-0.05, 0) is 41.5 Å². The number of methoxy groups -OCH3 is 2. The average molecular weight is 540 g/mol. The van der Waals surface area contributed by atoms with Gasteiger partial charge in [0.25, 0.3) is 10.0 Å². The molecule has 0 radical (unpaired) electrons. The van der Waals surface area contributed by atoms with Gasteiger partial charge in [-0.2, -0.15) is 0 Å². The number of hydrogen-bond donors (Lipinski definition) is 1. The van der Waals surface area contributed by atoms with E-state index in [1.807, 2.05) is 0 Å². The molecule has 196 valence electrons. The molecular weight excluding hydrogens is 518 g/mol. The summed E-state index contributed by atoms with van der Waals surface area (Å²) in [5, 5.41) is 10.4. The van der Waals surface area contributed by atoms with Gasteiger partial charge in [0, 0.05) is 17.2 Å². The van der Waals surface area contributed by atoms with Crippen LogP contribution in [0.5, 0.6) is 34.5 Å². The number of rotatable bonds is 6. The van der Waals surface area contributed by atoms with Crippen LogP contribution in [0.25, 0.3) is 5.57 Å². The molecule has 0 aromatic heterocycles. The van der Waals surface area contributed by atoms with E-state index in [9.17, 15) is 18.3 Å². The molecule has 3 aromatic rings. The molecule has 0 atom stereocenters. The third kappa shape index (κ3) is 3.64. The van der Waals surface area contributed by atoms with Gasteiger partial charge in [-0.25, -0.2) is 13.2 Å². The van der Waals surface area contributed by atoms with Crippen molar-refractivity contribution in [2.75, 3.05) is 27.8 Å². The fourth-order valence-corrected chi connectivity index (χ4v) is 6.35. The molecule has 6 rings (SSSR count). The van der Waals surface area contributed by atoms with Crippen molar-refractivity contribution in [3.63, 3.8) is 0 Å². The molecule has 0 saturated heterocycles. The Morgan fingerprint density at radius 1 is 0.868 bits per heavy atom. The summed E-state index contributed by atoms with van der Waals surface area (Å²) in [6, 6.07) is 12.7. The number of ether oxygens (including phenoxy) is 6. The zero-order chi connectivity index (χ0) is 26.6. The summed E-state index contributed by atoms with van der Waals surface area (Å²) in [6.07, 6.45) is 0. The van der Waals surface area contributed by atoms with Gasteiger partial charge in [0.05, 0.1) is 25.7 Å². The van der Waals surface area contributed by atoms with Crippen LogP contribution in [-0.2, 0) is 21.4 Å². The van der Waals surface area contributed by atoms with E-state index in [0.29, 0.717) is 34.1 Å². The third-order valence-corrected chi connectivity index (χ3v) is 8.22. The van der Waals surface area contributed by atoms with E-state index in [2.05, 4.69) is 0 Å². The second-order valence-corrected chi connectivity index (χ2v) is 10.3. The van der Waals surface area contributed by atoms with Gasteiger partial charge in [0.15, 0.2) is 34.5 Å². The highest BCUT2D eigenvalue weighted by atomic mass is 32.2. The summed E-state index contributed by atoms with van der Waals surface area (Å²) in [6.45, 7) is -0.206. The van der Waals surface area contributed by atoms with Crippen LogP contribution in [0.2, 0.25) is 0 Å². The Labute approximate surface area is 217 Å². The molecule has 0 unspecified atom stereocenters. The minimum atomic E-state index is -4.37. The fourth-order valence-electron chi connectivity index (χ4n) is 4.69. The zero-order valence-electron chi connectivity index (χ0n) is 20.2. The highest BCUT2D eigenvalue weighted by molar-refractivity contribution is 7.89. The molecule has 0 spiro atoms. The Morgan fingerprint density at radius 2 is 1.47 bits per heavy atom. The van der Waals surface area contributed by atoms with Gasteiger partial charge >= 0.3 is 5.97 Å². The van der Waals surface area contributed by atoms with Crippen LogP contribution in [-0.4, -0.2) is 51.6 Å². The number of carboxylic acid groups (broad SMARTS) is 1. The Bertz CT molecular complexity index is 1630. The molecule has 0 saturated carbocycles. The predicted molar refractivity (Wildman–Crippen MR) is 131 cm³/mol. The number of carboxylic acids is 1. The van der Waals surface area contributed by atoms with Gasteiger partial charge in [0.2, 0.25) is 13.6 Å². The number of aliphatic carboxylic acids is 1. The Kier molecular flexibility index (Phi) is 5.49. The first-order chi connectivity index (χ1) is 18.3.